The van der Waals surface area contributed by atoms with Crippen molar-refractivity contribution < 1.29 is 19.4 Å². The summed E-state index contributed by atoms with van der Waals surface area (Å²) in [4.78, 5) is 23.4. The van der Waals surface area contributed by atoms with Crippen LogP contribution in [0.3, 0.4) is 0 Å². The molecule has 0 aromatic heterocycles. The van der Waals surface area contributed by atoms with Crippen LogP contribution in [0.1, 0.15) is 17.2 Å². The average Bonchev–Trinajstić information content (AvgIpc) is 2.60. The van der Waals surface area contributed by atoms with Gasteiger partial charge in [0.05, 0.1) is 0 Å². The van der Waals surface area contributed by atoms with E-state index in [1.54, 1.807) is 36.4 Å². The second-order valence-electron chi connectivity index (χ2n) is 5.15. The fourth-order valence-electron chi connectivity index (χ4n) is 2.08. The van der Waals surface area contributed by atoms with E-state index >= 15 is 0 Å². The molecule has 24 heavy (non-hydrogen) atoms. The number of amides is 1. The molecule has 0 heterocycles. The van der Waals surface area contributed by atoms with Gasteiger partial charge in [-0.3, -0.25) is 4.79 Å². The van der Waals surface area contributed by atoms with Gasteiger partial charge >= 0.3 is 5.97 Å². The predicted octanol–water partition coefficient (Wildman–Crippen LogP) is 2.28. The molecule has 0 radical (unpaired) electrons. The Morgan fingerprint density at radius 1 is 1.12 bits per heavy atom. The van der Waals surface area contributed by atoms with Gasteiger partial charge in [0.2, 0.25) is 0 Å². The van der Waals surface area contributed by atoms with Crippen molar-refractivity contribution in [2.75, 3.05) is 13.2 Å². The van der Waals surface area contributed by atoms with Crippen LogP contribution in [0.25, 0.3) is 0 Å². The molecule has 2 rings (SSSR count). The standard InChI is InChI=1S/C18H18ClNO4/c19-15-8-4-5-13(11-15)9-10-20-16(21)12-24-18(23)17(22)14-6-2-1-3-7-14/h1-8,11,17,22H,9-10,12H2,(H,20,21)/t17-/m0/s1. The maximum atomic E-state index is 11.7. The van der Waals surface area contributed by atoms with Crippen LogP contribution < -0.4 is 5.32 Å². The van der Waals surface area contributed by atoms with Crippen LogP contribution in [0.2, 0.25) is 5.02 Å². The lowest BCUT2D eigenvalue weighted by atomic mass is 10.1. The highest BCUT2D eigenvalue weighted by atomic mass is 35.5. The van der Waals surface area contributed by atoms with Gasteiger partial charge < -0.3 is 15.2 Å². The monoisotopic (exact) mass is 347 g/mol. The molecule has 0 bridgehead atoms. The molecule has 1 atom stereocenters. The van der Waals surface area contributed by atoms with E-state index in [1.165, 1.54) is 0 Å². The second kappa shape index (κ2) is 9.05. The Kier molecular flexibility index (Phi) is 6.78. The van der Waals surface area contributed by atoms with Crippen LogP contribution in [0.5, 0.6) is 0 Å². The Morgan fingerprint density at radius 2 is 1.88 bits per heavy atom. The average molecular weight is 348 g/mol. The van der Waals surface area contributed by atoms with Crippen LogP contribution in [-0.2, 0) is 20.7 Å². The third kappa shape index (κ3) is 5.68. The number of aliphatic hydroxyl groups is 1. The van der Waals surface area contributed by atoms with Crippen molar-refractivity contribution in [1.82, 2.24) is 5.32 Å². The summed E-state index contributed by atoms with van der Waals surface area (Å²) in [6.07, 6.45) is -0.780. The number of esters is 1. The fourth-order valence-corrected chi connectivity index (χ4v) is 2.29. The largest absolute Gasteiger partial charge is 0.453 e. The van der Waals surface area contributed by atoms with E-state index in [0.717, 1.165) is 5.56 Å². The van der Waals surface area contributed by atoms with Gasteiger partial charge in [-0.15, -0.1) is 0 Å². The molecule has 1 amide bonds. The molecular weight excluding hydrogens is 330 g/mol. The zero-order valence-corrected chi connectivity index (χ0v) is 13.7. The van der Waals surface area contributed by atoms with Crippen molar-refractivity contribution >= 4 is 23.5 Å². The van der Waals surface area contributed by atoms with Crippen LogP contribution in [-0.4, -0.2) is 30.1 Å². The Morgan fingerprint density at radius 3 is 2.58 bits per heavy atom. The first-order chi connectivity index (χ1) is 11.6. The zero-order valence-electron chi connectivity index (χ0n) is 12.9. The van der Waals surface area contributed by atoms with E-state index in [-0.39, 0.29) is 0 Å². The van der Waals surface area contributed by atoms with Gasteiger partial charge in [0.25, 0.3) is 5.91 Å². The van der Waals surface area contributed by atoms with E-state index < -0.39 is 24.6 Å². The molecule has 0 spiro atoms. The number of halogens is 1. The van der Waals surface area contributed by atoms with E-state index in [4.69, 9.17) is 16.3 Å². The summed E-state index contributed by atoms with van der Waals surface area (Å²) in [7, 11) is 0. The van der Waals surface area contributed by atoms with E-state index in [9.17, 15) is 14.7 Å². The third-order valence-electron chi connectivity index (χ3n) is 3.31. The predicted molar refractivity (Wildman–Crippen MR) is 90.5 cm³/mol. The van der Waals surface area contributed by atoms with E-state index in [1.807, 2.05) is 18.2 Å². The first-order valence-corrected chi connectivity index (χ1v) is 7.85. The van der Waals surface area contributed by atoms with Crippen LogP contribution in [0.4, 0.5) is 0 Å². The summed E-state index contributed by atoms with van der Waals surface area (Å²) in [5.74, 6) is -1.28. The molecule has 0 aliphatic heterocycles. The smallest absolute Gasteiger partial charge is 0.340 e. The number of aliphatic hydroxyl groups excluding tert-OH is 1. The van der Waals surface area contributed by atoms with Gasteiger partial charge in [0.1, 0.15) is 0 Å². The molecule has 2 aromatic rings. The first-order valence-electron chi connectivity index (χ1n) is 7.47. The lowest BCUT2D eigenvalue weighted by Gasteiger charge is -2.11. The van der Waals surface area contributed by atoms with E-state index in [0.29, 0.717) is 23.6 Å². The summed E-state index contributed by atoms with van der Waals surface area (Å²) in [5.41, 5.74) is 1.42. The van der Waals surface area contributed by atoms with Crippen molar-refractivity contribution in [3.05, 3.63) is 70.7 Å². The van der Waals surface area contributed by atoms with Crippen LogP contribution in [0, 0.1) is 0 Å². The van der Waals surface area contributed by atoms with Crippen molar-refractivity contribution in [3.8, 4) is 0 Å². The highest BCUT2D eigenvalue weighted by Gasteiger charge is 2.19. The quantitative estimate of drug-likeness (QED) is 0.753. The van der Waals surface area contributed by atoms with Gasteiger partial charge in [-0.2, -0.15) is 0 Å². The number of ether oxygens (including phenoxy) is 1. The highest BCUT2D eigenvalue weighted by Crippen LogP contribution is 2.13. The summed E-state index contributed by atoms with van der Waals surface area (Å²) in [6.45, 7) is -0.0315. The Bertz CT molecular complexity index is 690. The minimum atomic E-state index is -1.40. The molecule has 0 saturated heterocycles. The van der Waals surface area contributed by atoms with Gasteiger partial charge in [0.15, 0.2) is 12.7 Å². The molecule has 2 aromatic carbocycles. The highest BCUT2D eigenvalue weighted by molar-refractivity contribution is 6.30. The minimum absolute atomic E-state index is 0.401. The number of hydrogen-bond donors (Lipinski definition) is 2. The van der Waals surface area contributed by atoms with Crippen LogP contribution >= 0.6 is 11.6 Å². The van der Waals surface area contributed by atoms with E-state index in [2.05, 4.69) is 5.32 Å². The minimum Gasteiger partial charge on any atom is -0.453 e. The molecule has 5 nitrogen and oxygen atoms in total. The number of hydrogen-bond acceptors (Lipinski definition) is 4. The molecule has 126 valence electrons. The van der Waals surface area contributed by atoms with Crippen molar-refractivity contribution in [1.29, 1.82) is 0 Å². The Hall–Kier alpha value is -2.37. The molecule has 0 unspecified atom stereocenters. The maximum absolute atomic E-state index is 11.7. The third-order valence-corrected chi connectivity index (χ3v) is 3.54. The fraction of sp³-hybridized carbons (Fsp3) is 0.222. The normalized spacial score (nSPS) is 11.6. The lowest BCUT2D eigenvalue weighted by Crippen LogP contribution is -2.31. The first kappa shape index (κ1) is 18.0. The Labute approximate surface area is 145 Å². The van der Waals surface area contributed by atoms with Gasteiger partial charge in [-0.25, -0.2) is 4.79 Å². The van der Waals surface area contributed by atoms with Crippen LogP contribution in [0.15, 0.2) is 54.6 Å². The Balaban J connectivity index is 1.70. The second-order valence-corrected chi connectivity index (χ2v) is 5.59. The van der Waals surface area contributed by atoms with Crippen molar-refractivity contribution in [3.63, 3.8) is 0 Å². The van der Waals surface area contributed by atoms with Gasteiger partial charge in [0, 0.05) is 11.6 Å². The number of carbonyl (C=O) groups is 2. The summed E-state index contributed by atoms with van der Waals surface area (Å²) in [6, 6.07) is 15.7. The number of benzene rings is 2. The molecule has 6 heteroatoms. The van der Waals surface area contributed by atoms with Crippen molar-refractivity contribution in [2.45, 2.75) is 12.5 Å². The summed E-state index contributed by atoms with van der Waals surface area (Å²) in [5, 5.41) is 13.1. The summed E-state index contributed by atoms with van der Waals surface area (Å²) < 4.78 is 4.82. The molecule has 0 aliphatic carbocycles. The molecule has 0 aliphatic rings. The van der Waals surface area contributed by atoms with Gasteiger partial charge in [-0.1, -0.05) is 54.1 Å². The molecule has 0 saturated carbocycles. The SMILES string of the molecule is O=C(COC(=O)[C@@H](O)c1ccccc1)NCCc1cccc(Cl)c1. The van der Waals surface area contributed by atoms with Crippen molar-refractivity contribution in [2.24, 2.45) is 0 Å². The van der Waals surface area contributed by atoms with Gasteiger partial charge in [-0.05, 0) is 29.7 Å². The number of rotatable bonds is 7. The number of carbonyl (C=O) groups excluding carboxylic acids is 2. The number of nitrogens with one attached hydrogen (secondary N) is 1. The summed E-state index contributed by atoms with van der Waals surface area (Å²) >= 11 is 5.88. The zero-order chi connectivity index (χ0) is 17.4. The topological polar surface area (TPSA) is 75.6 Å². The molecule has 2 N–H and O–H groups in total. The molecular formula is C18H18ClNO4. The molecule has 0 fully saturated rings. The maximum Gasteiger partial charge on any atom is 0.340 e. The lowest BCUT2D eigenvalue weighted by molar-refractivity contribution is -0.157.